The molecule has 0 saturated carbocycles. The number of sulfonamides is 1. The molecule has 29 heavy (non-hydrogen) atoms. The van der Waals surface area contributed by atoms with Crippen LogP contribution in [0.25, 0.3) is 11.4 Å². The Morgan fingerprint density at radius 3 is 2.59 bits per heavy atom. The summed E-state index contributed by atoms with van der Waals surface area (Å²) in [6, 6.07) is 12.0. The van der Waals surface area contributed by atoms with Crippen molar-refractivity contribution in [1.82, 2.24) is 14.8 Å². The lowest BCUT2D eigenvalue weighted by Crippen LogP contribution is -2.20. The Balaban J connectivity index is 1.80. The molecular formula is C18H18ClN5O3S2. The smallest absolute Gasteiger partial charge is 0.244 e. The third kappa shape index (κ3) is 5.43. The topological polar surface area (TPSA) is 109 Å². The van der Waals surface area contributed by atoms with Gasteiger partial charge in [0, 0.05) is 16.3 Å². The largest absolute Gasteiger partial charge is 0.324 e. The molecular weight excluding hydrogens is 434 g/mol. The predicted octanol–water partition coefficient (Wildman–Crippen LogP) is 3.58. The molecule has 0 radical (unpaired) electrons. The number of aryl methyl sites for hydroxylation is 1. The number of H-pyrrole nitrogens is 1. The molecule has 11 heteroatoms. The molecule has 1 amide bonds. The summed E-state index contributed by atoms with van der Waals surface area (Å²) in [5.41, 5.74) is 2.34. The molecule has 8 nitrogen and oxygen atoms in total. The highest BCUT2D eigenvalue weighted by atomic mass is 35.5. The first kappa shape index (κ1) is 21.0. The van der Waals surface area contributed by atoms with E-state index >= 15 is 0 Å². The van der Waals surface area contributed by atoms with E-state index in [1.807, 2.05) is 0 Å². The fourth-order valence-corrected chi connectivity index (χ4v) is 3.58. The quantitative estimate of drug-likeness (QED) is 0.496. The van der Waals surface area contributed by atoms with Gasteiger partial charge in [0.2, 0.25) is 15.9 Å². The zero-order chi connectivity index (χ0) is 21.2. The Labute approximate surface area is 178 Å². The van der Waals surface area contributed by atoms with E-state index < -0.39 is 10.0 Å². The number of halogens is 1. The fraction of sp³-hybridized carbons (Fsp3) is 0.167. The number of aromatic nitrogens is 3. The number of anilines is 2. The van der Waals surface area contributed by atoms with Crippen LogP contribution in [-0.4, -0.2) is 35.3 Å². The maximum Gasteiger partial charge on any atom is 0.244 e. The van der Waals surface area contributed by atoms with E-state index in [-0.39, 0.29) is 12.5 Å². The van der Waals surface area contributed by atoms with Gasteiger partial charge < -0.3 is 5.32 Å². The normalized spacial score (nSPS) is 11.3. The molecule has 0 aliphatic carbocycles. The van der Waals surface area contributed by atoms with Crippen LogP contribution in [0, 0.1) is 11.7 Å². The van der Waals surface area contributed by atoms with E-state index in [0.29, 0.717) is 27.0 Å². The zero-order valence-electron chi connectivity index (χ0n) is 15.6. The summed E-state index contributed by atoms with van der Waals surface area (Å²) in [7, 11) is -3.43. The average molecular weight is 452 g/mol. The van der Waals surface area contributed by atoms with Gasteiger partial charge in [-0.3, -0.25) is 19.2 Å². The van der Waals surface area contributed by atoms with Gasteiger partial charge in [0.05, 0.1) is 11.9 Å². The Morgan fingerprint density at radius 1 is 1.24 bits per heavy atom. The lowest BCUT2D eigenvalue weighted by molar-refractivity contribution is -0.116. The van der Waals surface area contributed by atoms with E-state index in [0.717, 1.165) is 17.4 Å². The first-order valence-electron chi connectivity index (χ1n) is 8.42. The van der Waals surface area contributed by atoms with Crippen LogP contribution in [0.4, 0.5) is 11.4 Å². The number of nitrogens with one attached hydrogen (secondary N) is 3. The van der Waals surface area contributed by atoms with E-state index in [4.69, 9.17) is 23.8 Å². The lowest BCUT2D eigenvalue weighted by Gasteiger charge is -2.12. The molecule has 3 N–H and O–H groups in total. The van der Waals surface area contributed by atoms with Crippen molar-refractivity contribution in [3.8, 4) is 11.4 Å². The van der Waals surface area contributed by atoms with Crippen LogP contribution >= 0.6 is 23.8 Å². The highest BCUT2D eigenvalue weighted by Crippen LogP contribution is 2.22. The predicted molar refractivity (Wildman–Crippen MR) is 116 cm³/mol. The minimum Gasteiger partial charge on any atom is -0.324 e. The molecule has 2 aromatic carbocycles. The summed E-state index contributed by atoms with van der Waals surface area (Å²) >= 11 is 11.2. The molecule has 0 saturated heterocycles. The molecule has 0 fully saturated rings. The van der Waals surface area contributed by atoms with Gasteiger partial charge in [-0.2, -0.15) is 5.10 Å². The zero-order valence-corrected chi connectivity index (χ0v) is 18.0. The van der Waals surface area contributed by atoms with E-state index in [1.165, 1.54) is 0 Å². The van der Waals surface area contributed by atoms with Crippen LogP contribution in [0.15, 0.2) is 42.5 Å². The van der Waals surface area contributed by atoms with Gasteiger partial charge in [-0.1, -0.05) is 17.7 Å². The number of benzene rings is 2. The number of carbonyl (C=O) groups is 1. The molecule has 0 aliphatic heterocycles. The monoisotopic (exact) mass is 451 g/mol. The average Bonchev–Trinajstić information content (AvgIpc) is 2.98. The number of hydrogen-bond donors (Lipinski definition) is 3. The number of aromatic amines is 1. The second-order valence-corrected chi connectivity index (χ2v) is 8.97. The standard InChI is InChI=1S/C18H18ClN5O3S2/c1-11-3-8-14(9-15(11)23-29(2,26)27)20-16(25)10-24-17(21-22-18(24)28)12-4-6-13(19)7-5-12/h3-9,23H,10H2,1-2H3,(H,20,25)(H,22,28). The molecule has 0 unspecified atom stereocenters. The molecule has 152 valence electrons. The minimum absolute atomic E-state index is 0.0734. The summed E-state index contributed by atoms with van der Waals surface area (Å²) in [4.78, 5) is 12.6. The fourth-order valence-electron chi connectivity index (χ4n) is 2.64. The third-order valence-electron chi connectivity index (χ3n) is 3.98. The van der Waals surface area contributed by atoms with Crippen LogP contribution in [-0.2, 0) is 21.4 Å². The van der Waals surface area contributed by atoms with Crippen molar-refractivity contribution in [1.29, 1.82) is 0 Å². The summed E-state index contributed by atoms with van der Waals surface area (Å²) in [6.45, 7) is 1.69. The molecule has 0 spiro atoms. The maximum absolute atomic E-state index is 12.6. The summed E-state index contributed by atoms with van der Waals surface area (Å²) in [6.07, 6.45) is 1.07. The third-order valence-corrected chi connectivity index (χ3v) is 5.13. The summed E-state index contributed by atoms with van der Waals surface area (Å²) in [5, 5.41) is 10.2. The molecule has 3 rings (SSSR count). The Kier molecular flexibility index (Phi) is 6.06. The molecule has 3 aromatic rings. The Morgan fingerprint density at radius 2 is 1.93 bits per heavy atom. The minimum atomic E-state index is -3.43. The molecule has 1 aromatic heterocycles. The van der Waals surface area contributed by atoms with Crippen LogP contribution in [0.5, 0.6) is 0 Å². The van der Waals surface area contributed by atoms with E-state index in [2.05, 4.69) is 20.2 Å². The van der Waals surface area contributed by atoms with Crippen molar-refractivity contribution in [3.63, 3.8) is 0 Å². The van der Waals surface area contributed by atoms with Gasteiger partial charge in [-0.15, -0.1) is 0 Å². The number of nitrogens with zero attached hydrogens (tertiary/aromatic N) is 2. The van der Waals surface area contributed by atoms with Crippen molar-refractivity contribution in [2.24, 2.45) is 0 Å². The van der Waals surface area contributed by atoms with E-state index in [1.54, 1.807) is 54.0 Å². The number of carbonyl (C=O) groups excluding carboxylic acids is 1. The Bertz CT molecular complexity index is 1220. The first-order valence-corrected chi connectivity index (χ1v) is 11.1. The van der Waals surface area contributed by atoms with Crippen LogP contribution in [0.2, 0.25) is 5.02 Å². The SMILES string of the molecule is Cc1ccc(NC(=O)Cn2c(-c3ccc(Cl)cc3)n[nH]c2=S)cc1NS(C)(=O)=O. The summed E-state index contributed by atoms with van der Waals surface area (Å²) < 4.78 is 27.3. The second-order valence-electron chi connectivity index (χ2n) is 6.40. The number of rotatable bonds is 6. The number of hydrogen-bond acceptors (Lipinski definition) is 5. The lowest BCUT2D eigenvalue weighted by atomic mass is 10.2. The highest BCUT2D eigenvalue weighted by Gasteiger charge is 2.13. The van der Waals surface area contributed by atoms with Crippen LogP contribution in [0.1, 0.15) is 5.56 Å². The molecule has 1 heterocycles. The van der Waals surface area contributed by atoms with Gasteiger partial charge in [0.1, 0.15) is 6.54 Å². The molecule has 0 aliphatic rings. The number of amides is 1. The highest BCUT2D eigenvalue weighted by molar-refractivity contribution is 7.92. The molecule has 0 bridgehead atoms. The van der Waals surface area contributed by atoms with Crippen molar-refractivity contribution >= 4 is 51.1 Å². The Hall–Kier alpha value is -2.69. The van der Waals surface area contributed by atoms with Gasteiger partial charge in [0.15, 0.2) is 10.6 Å². The van der Waals surface area contributed by atoms with Crippen LogP contribution < -0.4 is 10.0 Å². The summed E-state index contributed by atoms with van der Waals surface area (Å²) in [5.74, 6) is 0.164. The van der Waals surface area contributed by atoms with E-state index in [9.17, 15) is 13.2 Å². The van der Waals surface area contributed by atoms with Crippen molar-refractivity contribution < 1.29 is 13.2 Å². The second kappa shape index (κ2) is 8.36. The van der Waals surface area contributed by atoms with Gasteiger partial charge in [0.25, 0.3) is 0 Å². The van der Waals surface area contributed by atoms with Gasteiger partial charge >= 0.3 is 0 Å². The van der Waals surface area contributed by atoms with Gasteiger partial charge in [-0.25, -0.2) is 8.42 Å². The van der Waals surface area contributed by atoms with Crippen molar-refractivity contribution in [3.05, 3.63) is 57.8 Å². The first-order chi connectivity index (χ1) is 13.6. The van der Waals surface area contributed by atoms with Crippen molar-refractivity contribution in [2.75, 3.05) is 16.3 Å². The molecule has 0 atom stereocenters. The maximum atomic E-state index is 12.6. The van der Waals surface area contributed by atoms with Gasteiger partial charge in [-0.05, 0) is 61.1 Å². The van der Waals surface area contributed by atoms with Crippen molar-refractivity contribution in [2.45, 2.75) is 13.5 Å². The van der Waals surface area contributed by atoms with Crippen LogP contribution in [0.3, 0.4) is 0 Å².